The summed E-state index contributed by atoms with van der Waals surface area (Å²) < 4.78 is 4.92. The van der Waals surface area contributed by atoms with Gasteiger partial charge >= 0.3 is 6.09 Å². The van der Waals surface area contributed by atoms with Gasteiger partial charge in [0, 0.05) is 6.54 Å². The summed E-state index contributed by atoms with van der Waals surface area (Å²) in [5.74, 6) is 0.324. The van der Waals surface area contributed by atoms with Crippen LogP contribution in [0.5, 0.6) is 0 Å². The number of ether oxygens (including phenoxy) is 1. The van der Waals surface area contributed by atoms with Crippen molar-refractivity contribution in [2.45, 2.75) is 47.1 Å². The number of carbonyl (C=O) groups excluding carboxylic acids is 1. The Bertz CT molecular complexity index is 209. The smallest absolute Gasteiger partial charge is 0.407 e. The standard InChI is InChI=1S/C12H25NO3/c1-9(2)8-16-11(15)13-7-10(14)6-12(3,4)5/h9-10,14H,6-8H2,1-5H3,(H,13,15). The minimum Gasteiger partial charge on any atom is -0.449 e. The number of aliphatic hydroxyl groups excluding tert-OH is 1. The Labute approximate surface area is 98.4 Å². The molecule has 2 N–H and O–H groups in total. The third-order valence-electron chi connectivity index (χ3n) is 1.88. The predicted octanol–water partition coefficient (Wildman–Crippen LogP) is 2.17. The third-order valence-corrected chi connectivity index (χ3v) is 1.88. The van der Waals surface area contributed by atoms with Crippen LogP contribution in [0, 0.1) is 11.3 Å². The molecule has 0 radical (unpaired) electrons. The van der Waals surface area contributed by atoms with E-state index in [9.17, 15) is 9.90 Å². The van der Waals surface area contributed by atoms with E-state index in [1.807, 2.05) is 34.6 Å². The lowest BCUT2D eigenvalue weighted by molar-refractivity contribution is 0.103. The zero-order chi connectivity index (χ0) is 12.8. The number of nitrogens with one attached hydrogen (secondary N) is 1. The normalized spacial score (nSPS) is 13.7. The molecule has 0 heterocycles. The SMILES string of the molecule is CC(C)COC(=O)NCC(O)CC(C)(C)C. The predicted molar refractivity (Wildman–Crippen MR) is 64.3 cm³/mol. The van der Waals surface area contributed by atoms with E-state index in [1.54, 1.807) is 0 Å². The lowest BCUT2D eigenvalue weighted by Crippen LogP contribution is -2.35. The van der Waals surface area contributed by atoms with Gasteiger partial charge in [0.1, 0.15) is 0 Å². The second-order valence-electron chi connectivity index (χ2n) is 5.79. The Morgan fingerprint density at radius 2 is 1.94 bits per heavy atom. The molecular weight excluding hydrogens is 206 g/mol. The van der Waals surface area contributed by atoms with Gasteiger partial charge in [0.25, 0.3) is 0 Å². The van der Waals surface area contributed by atoms with Gasteiger partial charge in [-0.25, -0.2) is 4.79 Å². The van der Waals surface area contributed by atoms with Crippen LogP contribution in [0.4, 0.5) is 4.79 Å². The van der Waals surface area contributed by atoms with Gasteiger partial charge in [-0.1, -0.05) is 34.6 Å². The van der Waals surface area contributed by atoms with E-state index in [2.05, 4.69) is 5.32 Å². The number of aliphatic hydroxyl groups is 1. The van der Waals surface area contributed by atoms with E-state index >= 15 is 0 Å². The highest BCUT2D eigenvalue weighted by molar-refractivity contribution is 5.67. The molecule has 0 aromatic rings. The molecule has 0 saturated carbocycles. The topological polar surface area (TPSA) is 58.6 Å². The molecule has 0 saturated heterocycles. The van der Waals surface area contributed by atoms with Crippen LogP contribution in [-0.2, 0) is 4.74 Å². The van der Waals surface area contributed by atoms with Crippen LogP contribution in [-0.4, -0.2) is 30.5 Å². The number of amides is 1. The monoisotopic (exact) mass is 231 g/mol. The fraction of sp³-hybridized carbons (Fsp3) is 0.917. The van der Waals surface area contributed by atoms with E-state index in [0.29, 0.717) is 18.9 Å². The molecule has 0 rings (SSSR count). The molecule has 96 valence electrons. The van der Waals surface area contributed by atoms with Gasteiger partial charge in [-0.2, -0.15) is 0 Å². The third kappa shape index (κ3) is 9.77. The zero-order valence-electron chi connectivity index (χ0n) is 11.0. The van der Waals surface area contributed by atoms with Gasteiger partial charge in [0.15, 0.2) is 0 Å². The molecule has 0 aromatic carbocycles. The minimum absolute atomic E-state index is 0.0585. The highest BCUT2D eigenvalue weighted by atomic mass is 16.5. The molecule has 1 amide bonds. The van der Waals surface area contributed by atoms with Crippen LogP contribution in [0.1, 0.15) is 41.0 Å². The van der Waals surface area contributed by atoms with Crippen LogP contribution >= 0.6 is 0 Å². The van der Waals surface area contributed by atoms with Crippen LogP contribution in [0.3, 0.4) is 0 Å². The van der Waals surface area contributed by atoms with Crippen molar-refractivity contribution in [1.82, 2.24) is 5.32 Å². The van der Waals surface area contributed by atoms with Crippen molar-refractivity contribution >= 4 is 6.09 Å². The van der Waals surface area contributed by atoms with Gasteiger partial charge < -0.3 is 15.2 Å². The van der Waals surface area contributed by atoms with Gasteiger partial charge in [-0.3, -0.25) is 0 Å². The van der Waals surface area contributed by atoms with Crippen molar-refractivity contribution in [1.29, 1.82) is 0 Å². The molecule has 4 heteroatoms. The Hall–Kier alpha value is -0.770. The molecule has 0 aliphatic rings. The highest BCUT2D eigenvalue weighted by Crippen LogP contribution is 2.20. The number of hydrogen-bond donors (Lipinski definition) is 2. The molecule has 1 unspecified atom stereocenters. The average Bonchev–Trinajstić information content (AvgIpc) is 2.08. The molecular formula is C12H25NO3. The van der Waals surface area contributed by atoms with E-state index < -0.39 is 12.2 Å². The van der Waals surface area contributed by atoms with Gasteiger partial charge in [0.05, 0.1) is 12.7 Å². The summed E-state index contributed by atoms with van der Waals surface area (Å²) in [4.78, 5) is 11.2. The first kappa shape index (κ1) is 15.2. The van der Waals surface area contributed by atoms with Gasteiger partial charge in [-0.15, -0.1) is 0 Å². The second kappa shape index (κ2) is 6.74. The Kier molecular flexibility index (Phi) is 6.41. The lowest BCUT2D eigenvalue weighted by atomic mass is 9.89. The molecule has 16 heavy (non-hydrogen) atoms. The molecule has 0 spiro atoms. The van der Waals surface area contributed by atoms with Crippen LogP contribution < -0.4 is 5.32 Å². The average molecular weight is 231 g/mol. The van der Waals surface area contributed by atoms with Crippen molar-refractivity contribution < 1.29 is 14.6 Å². The first-order valence-electron chi connectivity index (χ1n) is 5.79. The van der Waals surface area contributed by atoms with Gasteiger partial charge in [-0.05, 0) is 17.8 Å². The molecule has 0 bridgehead atoms. The van der Waals surface area contributed by atoms with Gasteiger partial charge in [0.2, 0.25) is 0 Å². The first-order chi connectivity index (χ1) is 7.20. The highest BCUT2D eigenvalue weighted by Gasteiger charge is 2.17. The minimum atomic E-state index is -0.522. The van der Waals surface area contributed by atoms with Crippen molar-refractivity contribution in [3.63, 3.8) is 0 Å². The summed E-state index contributed by atoms with van der Waals surface area (Å²) in [6.45, 7) is 10.7. The number of alkyl carbamates (subject to hydrolysis) is 1. The van der Waals surface area contributed by atoms with Crippen LogP contribution in [0.25, 0.3) is 0 Å². The molecule has 0 aliphatic heterocycles. The second-order valence-corrected chi connectivity index (χ2v) is 5.79. The fourth-order valence-electron chi connectivity index (χ4n) is 1.27. The molecule has 4 nitrogen and oxygen atoms in total. The molecule has 0 aromatic heterocycles. The van der Waals surface area contributed by atoms with E-state index in [0.717, 1.165) is 0 Å². The fourth-order valence-corrected chi connectivity index (χ4v) is 1.27. The van der Waals surface area contributed by atoms with Crippen LogP contribution in [0.2, 0.25) is 0 Å². The maximum Gasteiger partial charge on any atom is 0.407 e. The largest absolute Gasteiger partial charge is 0.449 e. The maximum absolute atomic E-state index is 11.2. The van der Waals surface area contributed by atoms with Crippen molar-refractivity contribution in [2.24, 2.45) is 11.3 Å². The Balaban J connectivity index is 3.67. The molecule has 0 fully saturated rings. The lowest BCUT2D eigenvalue weighted by Gasteiger charge is -2.22. The summed E-state index contributed by atoms with van der Waals surface area (Å²) in [5, 5.41) is 12.2. The van der Waals surface area contributed by atoms with E-state index in [1.165, 1.54) is 0 Å². The Morgan fingerprint density at radius 3 is 2.38 bits per heavy atom. The van der Waals surface area contributed by atoms with E-state index in [4.69, 9.17) is 4.74 Å². The summed E-state index contributed by atoms with van der Waals surface area (Å²) in [5.41, 5.74) is 0.0585. The van der Waals surface area contributed by atoms with E-state index in [-0.39, 0.29) is 12.0 Å². The summed E-state index contributed by atoms with van der Waals surface area (Å²) >= 11 is 0. The van der Waals surface area contributed by atoms with Crippen LogP contribution in [0.15, 0.2) is 0 Å². The number of rotatable bonds is 5. The summed E-state index contributed by atoms with van der Waals surface area (Å²) in [6, 6.07) is 0. The number of hydrogen-bond acceptors (Lipinski definition) is 3. The van der Waals surface area contributed by atoms with Crippen molar-refractivity contribution in [3.05, 3.63) is 0 Å². The molecule has 1 atom stereocenters. The first-order valence-corrected chi connectivity index (χ1v) is 5.79. The summed E-state index contributed by atoms with van der Waals surface area (Å²) in [7, 11) is 0. The van der Waals surface area contributed by atoms with Crippen molar-refractivity contribution in [2.75, 3.05) is 13.2 Å². The quantitative estimate of drug-likeness (QED) is 0.762. The number of carbonyl (C=O) groups is 1. The Morgan fingerprint density at radius 1 is 1.38 bits per heavy atom. The zero-order valence-corrected chi connectivity index (χ0v) is 11.0. The summed E-state index contributed by atoms with van der Waals surface area (Å²) in [6.07, 6.45) is -0.328. The molecule has 0 aliphatic carbocycles. The van der Waals surface area contributed by atoms with Crippen molar-refractivity contribution in [3.8, 4) is 0 Å². The maximum atomic E-state index is 11.2.